The lowest BCUT2D eigenvalue weighted by Gasteiger charge is -2.35. The average Bonchev–Trinajstić information content (AvgIpc) is 3.27. The molecule has 2 saturated carbocycles. The van der Waals surface area contributed by atoms with Crippen LogP contribution < -0.4 is 0 Å². The summed E-state index contributed by atoms with van der Waals surface area (Å²) in [6.07, 6.45) is 5.56. The fraction of sp³-hybridized carbons (Fsp3) is 0.480. The second-order valence-electron chi connectivity index (χ2n) is 9.29. The molecule has 0 aliphatic heterocycles. The van der Waals surface area contributed by atoms with Gasteiger partial charge in [-0.05, 0) is 86.3 Å². The van der Waals surface area contributed by atoms with Crippen LogP contribution in [0.1, 0.15) is 63.5 Å². The van der Waals surface area contributed by atoms with Crippen LogP contribution in [0.4, 0.5) is 0 Å². The zero-order valence-corrected chi connectivity index (χ0v) is 17.2. The molecule has 2 bridgehead atoms. The Balaban J connectivity index is 1.52. The van der Waals surface area contributed by atoms with Crippen LogP contribution in [0.15, 0.2) is 48.5 Å². The number of rotatable bonds is 6. The monoisotopic (exact) mass is 394 g/mol. The predicted octanol–water partition coefficient (Wildman–Crippen LogP) is 5.31. The van der Waals surface area contributed by atoms with Gasteiger partial charge in [0.15, 0.2) is 0 Å². The molecule has 0 heterocycles. The number of phenolic OH excluding ortho intramolecular Hbond substituents is 2. The van der Waals surface area contributed by atoms with Gasteiger partial charge in [-0.2, -0.15) is 0 Å². The molecule has 154 valence electrons. The number of hydrogen-bond acceptors (Lipinski definition) is 4. The molecule has 2 aromatic carbocycles. The largest absolute Gasteiger partial charge is 0.508 e. The first-order valence-corrected chi connectivity index (χ1v) is 10.6. The van der Waals surface area contributed by atoms with Crippen LogP contribution in [0.3, 0.4) is 0 Å². The van der Waals surface area contributed by atoms with Gasteiger partial charge in [-0.15, -0.1) is 0 Å². The van der Waals surface area contributed by atoms with Gasteiger partial charge < -0.3 is 14.9 Å². The molecule has 2 aliphatic rings. The van der Waals surface area contributed by atoms with Crippen molar-refractivity contribution in [2.75, 3.05) is 0 Å². The quantitative estimate of drug-likeness (QED) is 0.652. The number of ether oxygens (including phenoxy) is 1. The van der Waals surface area contributed by atoms with Gasteiger partial charge >= 0.3 is 5.97 Å². The van der Waals surface area contributed by atoms with Crippen molar-refractivity contribution in [3.8, 4) is 11.5 Å². The summed E-state index contributed by atoms with van der Waals surface area (Å²) in [4.78, 5) is 12.8. The normalized spacial score (nSPS) is 25.9. The van der Waals surface area contributed by atoms with Crippen molar-refractivity contribution in [3.63, 3.8) is 0 Å². The molecule has 0 aromatic heterocycles. The number of phenols is 2. The van der Waals surface area contributed by atoms with E-state index in [1.54, 1.807) is 24.3 Å². The van der Waals surface area contributed by atoms with Crippen molar-refractivity contribution in [1.29, 1.82) is 0 Å². The van der Waals surface area contributed by atoms with E-state index >= 15 is 0 Å². The Kier molecular flexibility index (Phi) is 5.05. The third kappa shape index (κ3) is 3.85. The highest BCUT2D eigenvalue weighted by Gasteiger charge is 2.50. The molecule has 0 saturated heterocycles. The van der Waals surface area contributed by atoms with Gasteiger partial charge in [-0.25, -0.2) is 0 Å². The van der Waals surface area contributed by atoms with Crippen molar-refractivity contribution in [3.05, 3.63) is 59.7 Å². The van der Waals surface area contributed by atoms with Crippen LogP contribution in [0.2, 0.25) is 0 Å². The van der Waals surface area contributed by atoms with E-state index in [0.717, 1.165) is 23.5 Å². The SMILES string of the molecule is CC(CCC(=O)O[C@@]1(C)C[C@H]2CC[C@@H]1C2)(c1ccc(O)cc1)c1ccc(O)cc1. The van der Waals surface area contributed by atoms with Crippen LogP contribution in [0.5, 0.6) is 11.5 Å². The highest BCUT2D eigenvalue weighted by Crippen LogP contribution is 2.52. The van der Waals surface area contributed by atoms with Crippen molar-refractivity contribution in [2.24, 2.45) is 11.8 Å². The Morgan fingerprint density at radius 1 is 1.03 bits per heavy atom. The summed E-state index contributed by atoms with van der Waals surface area (Å²) in [5.41, 5.74) is 1.29. The fourth-order valence-electron chi connectivity index (χ4n) is 5.46. The molecule has 2 aromatic rings. The minimum Gasteiger partial charge on any atom is -0.508 e. The van der Waals surface area contributed by atoms with E-state index in [1.807, 2.05) is 24.3 Å². The van der Waals surface area contributed by atoms with E-state index in [0.29, 0.717) is 18.8 Å². The van der Waals surface area contributed by atoms with Gasteiger partial charge in [0.2, 0.25) is 0 Å². The standard InChI is InChI=1S/C25H30O4/c1-24(18-5-9-21(26)10-6-18,19-7-11-22(27)12-8-19)14-13-23(28)29-25(2)16-17-3-4-20(25)15-17/h5-12,17,20,26-27H,3-4,13-16H2,1-2H3/t17-,20+,25-/m0/s1. The zero-order valence-electron chi connectivity index (χ0n) is 17.2. The molecule has 4 heteroatoms. The fourth-order valence-corrected chi connectivity index (χ4v) is 5.46. The molecule has 0 spiro atoms. The van der Waals surface area contributed by atoms with Crippen molar-refractivity contribution in [1.82, 2.24) is 0 Å². The first-order valence-electron chi connectivity index (χ1n) is 10.6. The minimum absolute atomic E-state index is 0.135. The topological polar surface area (TPSA) is 66.8 Å². The molecule has 2 N–H and O–H groups in total. The van der Waals surface area contributed by atoms with E-state index in [-0.39, 0.29) is 23.1 Å². The zero-order chi connectivity index (χ0) is 20.6. The predicted molar refractivity (Wildman–Crippen MR) is 112 cm³/mol. The molecule has 0 radical (unpaired) electrons. The molecule has 2 fully saturated rings. The lowest BCUT2D eigenvalue weighted by atomic mass is 9.73. The Bertz CT molecular complexity index is 825. The minimum atomic E-state index is -0.435. The number of carbonyl (C=O) groups excluding carboxylic acids is 1. The smallest absolute Gasteiger partial charge is 0.306 e. The molecular formula is C25H30O4. The van der Waals surface area contributed by atoms with Crippen LogP contribution in [0, 0.1) is 11.8 Å². The summed E-state index contributed by atoms with van der Waals surface area (Å²) < 4.78 is 6.02. The molecule has 0 amide bonds. The second-order valence-corrected chi connectivity index (χ2v) is 9.29. The first-order chi connectivity index (χ1) is 13.8. The summed E-state index contributed by atoms with van der Waals surface area (Å²) in [6, 6.07) is 14.3. The Hall–Kier alpha value is -2.49. The summed E-state index contributed by atoms with van der Waals surface area (Å²) in [6.45, 7) is 4.20. The highest BCUT2D eigenvalue weighted by molar-refractivity contribution is 5.70. The van der Waals surface area contributed by atoms with Crippen molar-refractivity contribution in [2.45, 2.75) is 63.4 Å². The van der Waals surface area contributed by atoms with Gasteiger partial charge in [0.05, 0.1) is 0 Å². The number of hydrogen-bond donors (Lipinski definition) is 2. The maximum atomic E-state index is 12.8. The summed E-state index contributed by atoms with van der Waals surface area (Å²) >= 11 is 0. The second kappa shape index (κ2) is 7.40. The van der Waals surface area contributed by atoms with E-state index in [2.05, 4.69) is 13.8 Å². The summed E-state index contributed by atoms with van der Waals surface area (Å²) in [5, 5.41) is 19.4. The Labute approximate surface area is 172 Å². The molecule has 29 heavy (non-hydrogen) atoms. The lowest BCUT2D eigenvalue weighted by molar-refractivity contribution is -0.163. The van der Waals surface area contributed by atoms with E-state index in [4.69, 9.17) is 4.74 Å². The van der Waals surface area contributed by atoms with E-state index < -0.39 is 5.41 Å². The molecule has 0 unspecified atom stereocenters. The third-order valence-electron chi connectivity index (χ3n) is 7.28. The van der Waals surface area contributed by atoms with Crippen LogP contribution in [-0.4, -0.2) is 21.8 Å². The maximum Gasteiger partial charge on any atom is 0.306 e. The van der Waals surface area contributed by atoms with E-state index in [9.17, 15) is 15.0 Å². The first kappa shape index (κ1) is 19.8. The third-order valence-corrected chi connectivity index (χ3v) is 7.28. The molecule has 4 rings (SSSR count). The van der Waals surface area contributed by atoms with Gasteiger partial charge in [0.25, 0.3) is 0 Å². The van der Waals surface area contributed by atoms with Gasteiger partial charge in [-0.1, -0.05) is 31.2 Å². The Morgan fingerprint density at radius 3 is 2.03 bits per heavy atom. The van der Waals surface area contributed by atoms with Crippen LogP contribution >= 0.6 is 0 Å². The van der Waals surface area contributed by atoms with Crippen molar-refractivity contribution < 1.29 is 19.7 Å². The number of aromatic hydroxyl groups is 2. The van der Waals surface area contributed by atoms with Gasteiger partial charge in [0.1, 0.15) is 17.1 Å². The van der Waals surface area contributed by atoms with Gasteiger partial charge in [0, 0.05) is 11.8 Å². The average molecular weight is 395 g/mol. The maximum absolute atomic E-state index is 12.8. The number of esters is 1. The number of carbonyl (C=O) groups is 1. The lowest BCUT2D eigenvalue weighted by Crippen LogP contribution is -2.37. The van der Waals surface area contributed by atoms with Crippen LogP contribution in [0.25, 0.3) is 0 Å². The van der Waals surface area contributed by atoms with E-state index in [1.165, 1.54) is 19.3 Å². The summed E-state index contributed by atoms with van der Waals surface area (Å²) in [7, 11) is 0. The van der Waals surface area contributed by atoms with Gasteiger partial charge in [-0.3, -0.25) is 4.79 Å². The highest BCUT2D eigenvalue weighted by atomic mass is 16.6. The number of benzene rings is 2. The number of fused-ring (bicyclic) bond motifs is 2. The molecule has 3 atom stereocenters. The molecule has 2 aliphatic carbocycles. The molecule has 4 nitrogen and oxygen atoms in total. The molecular weight excluding hydrogens is 364 g/mol. The Morgan fingerprint density at radius 2 is 1.59 bits per heavy atom. The van der Waals surface area contributed by atoms with Crippen LogP contribution in [-0.2, 0) is 14.9 Å². The summed E-state index contributed by atoms with van der Waals surface area (Å²) in [5.74, 6) is 1.52. The van der Waals surface area contributed by atoms with Crippen molar-refractivity contribution >= 4 is 5.97 Å².